The molecule has 37 heavy (non-hydrogen) atoms. The van der Waals surface area contributed by atoms with Crippen LogP contribution in [0.3, 0.4) is 0 Å². The minimum Gasteiger partial charge on any atom is -0.497 e. The minimum absolute atomic E-state index is 0.0745. The smallest absolute Gasteiger partial charge is 0.321 e. The zero-order chi connectivity index (χ0) is 27.2. The molecule has 4 heteroatoms. The van der Waals surface area contributed by atoms with E-state index in [2.05, 4.69) is 34.6 Å². The molecule has 0 saturated heterocycles. The van der Waals surface area contributed by atoms with Crippen LogP contribution in [-0.2, 0) is 9.59 Å². The Morgan fingerprint density at radius 2 is 1.54 bits per heavy atom. The second-order valence-corrected chi connectivity index (χ2v) is 11.4. The topological polar surface area (TPSA) is 52.6 Å². The summed E-state index contributed by atoms with van der Waals surface area (Å²) >= 11 is 0. The van der Waals surface area contributed by atoms with E-state index in [4.69, 9.17) is 9.47 Å². The number of ether oxygens (including phenoxy) is 2. The lowest BCUT2D eigenvalue weighted by atomic mass is 9.63. The monoisotopic (exact) mass is 503 g/mol. The van der Waals surface area contributed by atoms with Gasteiger partial charge in [-0.15, -0.1) is 0 Å². The lowest BCUT2D eigenvalue weighted by Crippen LogP contribution is -2.41. The van der Waals surface area contributed by atoms with Gasteiger partial charge in [0.15, 0.2) is 0 Å². The van der Waals surface area contributed by atoms with Crippen LogP contribution >= 0.6 is 0 Å². The van der Waals surface area contributed by atoms with Crippen molar-refractivity contribution < 1.29 is 19.1 Å². The standard InChI is InChI=1S/C33H43O4/c1-23(2)28-12-11-13-29(24(3)4)30(28)37-31(35)32(6,21-18-26-14-16-27(36-7)17-15-26)22-33(25(5)34)19-9-8-10-20-33/h11-18,21,23-24H,5,8-10,19-20,22H2,1-4,6-7H3/b21-18+. The van der Waals surface area contributed by atoms with Crippen molar-refractivity contribution in [3.05, 3.63) is 72.2 Å². The number of ketones is 1. The van der Waals surface area contributed by atoms with E-state index in [0.717, 1.165) is 54.5 Å². The highest BCUT2D eigenvalue weighted by Crippen LogP contribution is 2.47. The molecule has 0 bridgehead atoms. The Morgan fingerprint density at radius 1 is 0.973 bits per heavy atom. The van der Waals surface area contributed by atoms with Crippen LogP contribution in [0.15, 0.2) is 48.5 Å². The normalized spacial score (nSPS) is 17.1. The van der Waals surface area contributed by atoms with Crippen molar-refractivity contribution in [3.63, 3.8) is 0 Å². The van der Waals surface area contributed by atoms with Crippen molar-refractivity contribution in [2.45, 2.75) is 85.0 Å². The molecule has 1 aliphatic carbocycles. The second-order valence-electron chi connectivity index (χ2n) is 11.4. The zero-order valence-corrected chi connectivity index (χ0v) is 23.4. The van der Waals surface area contributed by atoms with Crippen LogP contribution in [0.2, 0.25) is 0 Å². The fourth-order valence-corrected chi connectivity index (χ4v) is 5.49. The Hall–Kier alpha value is -2.88. The van der Waals surface area contributed by atoms with E-state index in [1.165, 1.54) is 0 Å². The second kappa shape index (κ2) is 12.1. The van der Waals surface area contributed by atoms with Gasteiger partial charge in [0.2, 0.25) is 0 Å². The number of carbonyl (C=O) groups is 2. The van der Waals surface area contributed by atoms with Crippen LogP contribution in [0, 0.1) is 17.8 Å². The summed E-state index contributed by atoms with van der Waals surface area (Å²) in [5.41, 5.74) is 1.35. The van der Waals surface area contributed by atoms with E-state index < -0.39 is 10.8 Å². The average molecular weight is 504 g/mol. The number of methoxy groups -OCH3 is 1. The first-order chi connectivity index (χ1) is 17.5. The summed E-state index contributed by atoms with van der Waals surface area (Å²) in [6.07, 6.45) is 8.82. The third-order valence-electron chi connectivity index (χ3n) is 7.85. The summed E-state index contributed by atoms with van der Waals surface area (Å²) in [4.78, 5) is 27.0. The van der Waals surface area contributed by atoms with Gasteiger partial charge in [0.25, 0.3) is 0 Å². The minimum atomic E-state index is -1.01. The number of carbonyl (C=O) groups excluding carboxylic acids is 2. The van der Waals surface area contributed by atoms with Crippen molar-refractivity contribution in [2.24, 2.45) is 10.8 Å². The van der Waals surface area contributed by atoms with Crippen LogP contribution < -0.4 is 9.47 Å². The van der Waals surface area contributed by atoms with Crippen LogP contribution in [0.4, 0.5) is 0 Å². The number of Topliss-reactive ketones (excluding diaryl/α,β-unsaturated/α-hetero) is 1. The Balaban J connectivity index is 2.05. The third kappa shape index (κ3) is 6.71. The number of hydrogen-bond donors (Lipinski definition) is 0. The molecule has 4 nitrogen and oxygen atoms in total. The summed E-state index contributed by atoms with van der Waals surface area (Å²) in [5, 5.41) is 0. The van der Waals surface area contributed by atoms with Crippen LogP contribution in [0.5, 0.6) is 11.5 Å². The Kier molecular flexibility index (Phi) is 9.39. The first-order valence-corrected chi connectivity index (χ1v) is 13.6. The number of rotatable bonds is 10. The maximum absolute atomic E-state index is 14.1. The van der Waals surface area contributed by atoms with Crippen molar-refractivity contribution >= 4 is 17.8 Å². The van der Waals surface area contributed by atoms with Crippen LogP contribution in [-0.4, -0.2) is 18.9 Å². The first-order valence-electron chi connectivity index (χ1n) is 13.6. The number of benzene rings is 2. The molecule has 1 radical (unpaired) electrons. The highest BCUT2D eigenvalue weighted by Gasteiger charge is 2.46. The van der Waals surface area contributed by atoms with Gasteiger partial charge in [0, 0.05) is 12.3 Å². The van der Waals surface area contributed by atoms with Crippen LogP contribution in [0.25, 0.3) is 6.08 Å². The number of hydrogen-bond acceptors (Lipinski definition) is 4. The van der Waals surface area contributed by atoms with Gasteiger partial charge in [-0.2, -0.15) is 0 Å². The lowest BCUT2D eigenvalue weighted by molar-refractivity contribution is -0.145. The molecule has 199 valence electrons. The summed E-state index contributed by atoms with van der Waals surface area (Å²) < 4.78 is 11.6. The molecule has 2 aromatic carbocycles. The summed E-state index contributed by atoms with van der Waals surface area (Å²) in [6, 6.07) is 13.8. The molecule has 1 atom stereocenters. The van der Waals surface area contributed by atoms with Gasteiger partial charge >= 0.3 is 5.97 Å². The Morgan fingerprint density at radius 3 is 2.03 bits per heavy atom. The van der Waals surface area contributed by atoms with Gasteiger partial charge in [0.05, 0.1) is 12.5 Å². The molecular weight excluding hydrogens is 460 g/mol. The van der Waals surface area contributed by atoms with Gasteiger partial charge in [-0.3, -0.25) is 9.59 Å². The number of esters is 1. The largest absolute Gasteiger partial charge is 0.497 e. The molecule has 3 rings (SSSR count). The highest BCUT2D eigenvalue weighted by atomic mass is 16.5. The van der Waals surface area contributed by atoms with Crippen molar-refractivity contribution in [1.82, 2.24) is 0 Å². The SMILES string of the molecule is [CH2]C(=O)C1(CC(C)(/C=C/c2ccc(OC)cc2)C(=O)Oc2c(C(C)C)cccc2C(C)C)CCCCC1. The molecule has 0 aliphatic heterocycles. The molecule has 1 unspecified atom stereocenters. The van der Waals surface area contributed by atoms with Crippen molar-refractivity contribution in [3.8, 4) is 11.5 Å². The molecule has 1 fully saturated rings. The zero-order valence-electron chi connectivity index (χ0n) is 23.4. The fourth-order valence-electron chi connectivity index (χ4n) is 5.49. The molecule has 0 aromatic heterocycles. The predicted octanol–water partition coefficient (Wildman–Crippen LogP) is 8.31. The molecule has 0 amide bonds. The molecule has 1 saturated carbocycles. The average Bonchev–Trinajstić information content (AvgIpc) is 2.88. The fraction of sp³-hybridized carbons (Fsp3) is 0.485. The molecule has 0 spiro atoms. The van der Waals surface area contributed by atoms with Gasteiger partial charge < -0.3 is 9.47 Å². The van der Waals surface area contributed by atoms with Gasteiger partial charge in [-0.25, -0.2) is 0 Å². The quantitative estimate of drug-likeness (QED) is 0.242. The third-order valence-corrected chi connectivity index (χ3v) is 7.85. The Labute approximate surface area is 223 Å². The van der Waals surface area contributed by atoms with E-state index in [-0.39, 0.29) is 23.6 Å². The maximum atomic E-state index is 14.1. The van der Waals surface area contributed by atoms with E-state index in [0.29, 0.717) is 12.2 Å². The molecule has 1 aliphatic rings. The Bertz CT molecular complexity index is 1080. The highest BCUT2D eigenvalue weighted by molar-refractivity contribution is 5.90. The molecule has 0 N–H and O–H groups in total. The summed E-state index contributed by atoms with van der Waals surface area (Å²) in [6.45, 7) is 14.2. The van der Waals surface area contributed by atoms with Gasteiger partial charge in [-0.1, -0.05) is 89.4 Å². The van der Waals surface area contributed by atoms with E-state index in [1.807, 2.05) is 61.5 Å². The van der Waals surface area contributed by atoms with Gasteiger partial charge in [0.1, 0.15) is 17.3 Å². The molecular formula is C33H43O4. The van der Waals surface area contributed by atoms with Crippen molar-refractivity contribution in [2.75, 3.05) is 7.11 Å². The van der Waals surface area contributed by atoms with Gasteiger partial charge in [-0.05, 0) is 66.8 Å². The number of para-hydroxylation sites is 1. The van der Waals surface area contributed by atoms with Crippen LogP contribution in [0.1, 0.15) is 102 Å². The molecule has 0 heterocycles. The lowest BCUT2D eigenvalue weighted by Gasteiger charge is -2.40. The van der Waals surface area contributed by atoms with E-state index in [9.17, 15) is 9.59 Å². The van der Waals surface area contributed by atoms with E-state index >= 15 is 0 Å². The summed E-state index contributed by atoms with van der Waals surface area (Å²) in [7, 11) is 1.64. The van der Waals surface area contributed by atoms with Crippen molar-refractivity contribution in [1.29, 1.82) is 0 Å². The predicted molar refractivity (Wildman–Crippen MR) is 151 cm³/mol. The first kappa shape index (κ1) is 28.7. The summed E-state index contributed by atoms with van der Waals surface area (Å²) in [5.74, 6) is 1.42. The molecule has 2 aromatic rings. The van der Waals surface area contributed by atoms with E-state index in [1.54, 1.807) is 7.11 Å². The maximum Gasteiger partial charge on any atom is 0.321 e.